The van der Waals surface area contributed by atoms with Crippen LogP contribution in [0.3, 0.4) is 0 Å². The summed E-state index contributed by atoms with van der Waals surface area (Å²) in [5, 5.41) is 16.4. The van der Waals surface area contributed by atoms with Crippen molar-refractivity contribution in [3.05, 3.63) is 115 Å². The number of imidazole rings is 2. The highest BCUT2D eigenvalue weighted by atomic mass is 19.4. The number of aryl methyl sites for hydroxylation is 2. The van der Waals surface area contributed by atoms with Crippen molar-refractivity contribution in [3.8, 4) is 6.07 Å². The highest BCUT2D eigenvalue weighted by molar-refractivity contribution is 6.41. The fraction of sp³-hybridized carbons (Fsp3) is 0.0976. The quantitative estimate of drug-likeness (QED) is 0.0882. The number of hydrogen-bond acceptors (Lipinski definition) is 5. The van der Waals surface area contributed by atoms with Gasteiger partial charge >= 0.3 is 12.4 Å². The van der Waals surface area contributed by atoms with E-state index in [1.165, 1.54) is 6.07 Å². The van der Waals surface area contributed by atoms with Gasteiger partial charge in [-0.2, -0.15) is 31.6 Å². The highest BCUT2D eigenvalue weighted by Crippen LogP contribution is 2.48. The second kappa shape index (κ2) is 9.40. The van der Waals surface area contributed by atoms with E-state index in [2.05, 4.69) is 11.1 Å². The zero-order chi connectivity index (χ0) is 37.5. The third-order valence-corrected chi connectivity index (χ3v) is 11.0. The molecule has 54 heavy (non-hydrogen) atoms. The van der Waals surface area contributed by atoms with Crippen molar-refractivity contribution >= 4 is 98.0 Å². The lowest BCUT2D eigenvalue weighted by Crippen LogP contribution is -2.15. The van der Waals surface area contributed by atoms with Crippen molar-refractivity contribution in [3.63, 3.8) is 0 Å². The molecule has 0 radical (unpaired) electrons. The molecule has 0 N–H and O–H groups in total. The first kappa shape index (κ1) is 30.8. The molecule has 11 rings (SSSR count). The van der Waals surface area contributed by atoms with Gasteiger partial charge in [-0.15, -0.1) is 0 Å². The maximum absolute atomic E-state index is 14.4. The molecule has 0 saturated heterocycles. The van der Waals surface area contributed by atoms with Crippen LogP contribution in [0.4, 0.5) is 26.3 Å². The minimum Gasteiger partial charge on any atom is -0.268 e. The Morgan fingerprint density at radius 2 is 1.11 bits per heavy atom. The second-order valence-corrected chi connectivity index (χ2v) is 13.9. The Morgan fingerprint density at radius 3 is 1.76 bits per heavy atom. The summed E-state index contributed by atoms with van der Waals surface area (Å²) in [6.45, 7) is 3.87. The van der Waals surface area contributed by atoms with E-state index in [-0.39, 0.29) is 33.6 Å². The molecule has 4 aromatic heterocycles. The van der Waals surface area contributed by atoms with Gasteiger partial charge in [0, 0.05) is 37.7 Å². The van der Waals surface area contributed by atoms with Crippen molar-refractivity contribution in [2.45, 2.75) is 26.2 Å². The van der Waals surface area contributed by atoms with Gasteiger partial charge < -0.3 is 0 Å². The van der Waals surface area contributed by atoms with Crippen LogP contribution in [0.15, 0.2) is 76.3 Å². The minimum absolute atomic E-state index is 0.00838. The third kappa shape index (κ3) is 3.53. The van der Waals surface area contributed by atoms with Crippen LogP contribution in [-0.2, 0) is 12.4 Å². The van der Waals surface area contributed by atoms with E-state index >= 15 is 0 Å². The Labute approximate surface area is 295 Å². The summed E-state index contributed by atoms with van der Waals surface area (Å²) in [7, 11) is 0. The molecule has 0 aliphatic heterocycles. The maximum atomic E-state index is 14.4. The number of halogens is 6. The van der Waals surface area contributed by atoms with Crippen LogP contribution in [0.25, 0.3) is 98.0 Å². The van der Waals surface area contributed by atoms with Gasteiger partial charge in [0.15, 0.2) is 0 Å². The highest BCUT2D eigenvalue weighted by Gasteiger charge is 2.40. The van der Waals surface area contributed by atoms with Crippen molar-refractivity contribution in [1.29, 1.82) is 5.26 Å². The van der Waals surface area contributed by atoms with Crippen molar-refractivity contribution in [2.24, 2.45) is 0 Å². The lowest BCUT2D eigenvalue weighted by atomic mass is 9.84. The Bertz CT molecular complexity index is 3720. The van der Waals surface area contributed by atoms with Gasteiger partial charge in [-0.3, -0.25) is 18.4 Å². The second-order valence-electron chi connectivity index (χ2n) is 13.9. The predicted molar refractivity (Wildman–Crippen MR) is 194 cm³/mol. The van der Waals surface area contributed by atoms with Gasteiger partial charge in [-0.25, -0.2) is 9.97 Å². The molecule has 0 unspecified atom stereocenters. The molecule has 0 fully saturated rings. The zero-order valence-corrected chi connectivity index (χ0v) is 27.7. The van der Waals surface area contributed by atoms with Crippen LogP contribution >= 0.6 is 0 Å². The fourth-order valence-corrected chi connectivity index (χ4v) is 8.90. The average molecular weight is 726 g/mol. The van der Waals surface area contributed by atoms with E-state index in [4.69, 9.17) is 4.98 Å². The lowest BCUT2D eigenvalue weighted by Gasteiger charge is -2.19. The summed E-state index contributed by atoms with van der Waals surface area (Å²) in [6.07, 6.45) is -10.3. The van der Waals surface area contributed by atoms with Crippen LogP contribution < -0.4 is 11.1 Å². The molecule has 7 aromatic carbocycles. The SMILES string of the molecule is Cc1cc(C)c2nc3c4ccc5c6ccc7c(=O)n8c9cc(C(F)(F)F)cc(C(F)(F)F)c9nc8c8ccc(c9c(C#N)cc(c(=O)n3c2c1)c4c59)c6c78. The number of hydrogen-bond donors (Lipinski definition) is 0. The van der Waals surface area contributed by atoms with Gasteiger partial charge in [-0.05, 0) is 89.0 Å². The molecule has 0 atom stereocenters. The minimum atomic E-state index is -5.20. The largest absolute Gasteiger partial charge is 0.418 e. The zero-order valence-electron chi connectivity index (χ0n) is 27.7. The summed E-state index contributed by atoms with van der Waals surface area (Å²) in [4.78, 5) is 37.8. The average Bonchev–Trinajstić information content (AvgIpc) is 3.71. The molecule has 0 aliphatic carbocycles. The maximum Gasteiger partial charge on any atom is 0.418 e. The number of nitrogens with zero attached hydrogens (tertiary/aromatic N) is 5. The molecular formula is C41H17F6N5O2. The van der Waals surface area contributed by atoms with Gasteiger partial charge in [-0.1, -0.05) is 24.3 Å². The molecule has 0 bridgehead atoms. The van der Waals surface area contributed by atoms with Gasteiger partial charge in [0.05, 0.1) is 44.7 Å². The van der Waals surface area contributed by atoms with E-state index in [1.807, 2.05) is 38.1 Å². The Balaban J connectivity index is 1.35. The van der Waals surface area contributed by atoms with E-state index in [0.717, 1.165) is 15.5 Å². The summed E-state index contributed by atoms with van der Waals surface area (Å²) in [5.41, 5.74) is -2.13. The number of alkyl halides is 6. The molecule has 0 amide bonds. The molecule has 13 heteroatoms. The van der Waals surface area contributed by atoms with E-state index in [0.29, 0.717) is 76.6 Å². The summed E-state index contributed by atoms with van der Waals surface area (Å²) in [6, 6.07) is 18.4. The smallest absolute Gasteiger partial charge is 0.268 e. The first-order valence-corrected chi connectivity index (χ1v) is 16.6. The van der Waals surface area contributed by atoms with Crippen LogP contribution in [0, 0.1) is 25.2 Å². The number of pyridine rings is 2. The fourth-order valence-electron chi connectivity index (χ4n) is 8.90. The van der Waals surface area contributed by atoms with Crippen LogP contribution in [0.2, 0.25) is 0 Å². The number of rotatable bonds is 0. The summed E-state index contributed by atoms with van der Waals surface area (Å²) < 4.78 is 86.8. The molecule has 0 spiro atoms. The Kier molecular flexibility index (Phi) is 5.36. The number of benzene rings is 7. The first-order valence-electron chi connectivity index (χ1n) is 16.6. The predicted octanol–water partition coefficient (Wildman–Crippen LogP) is 9.77. The summed E-state index contributed by atoms with van der Waals surface area (Å²) >= 11 is 0. The molecular weight excluding hydrogens is 708 g/mol. The van der Waals surface area contributed by atoms with Crippen LogP contribution in [-0.4, -0.2) is 18.8 Å². The van der Waals surface area contributed by atoms with Gasteiger partial charge in [0.2, 0.25) is 0 Å². The van der Waals surface area contributed by atoms with Crippen molar-refractivity contribution < 1.29 is 26.3 Å². The topological polar surface area (TPSA) is 92.5 Å². The van der Waals surface area contributed by atoms with E-state index in [1.54, 1.807) is 28.7 Å². The molecule has 260 valence electrons. The first-order chi connectivity index (χ1) is 25.7. The Hall–Kier alpha value is -6.81. The molecule has 0 saturated carbocycles. The standard InChI is InChI=1S/C41H17F6N5O2/c1-15-9-16(2)34-27(10-15)51-36(49-34)23-6-3-20-19-4-8-24-31-22(7-5-21(30(19)31)29-17(14-48)11-25(39(51)54)32(23)33(20)29)37-50-35-26(41(45,46)47)12-18(40(42,43)44)13-28(35)52(37)38(24)53/h3-13H,1-2H3. The van der Waals surface area contributed by atoms with Crippen molar-refractivity contribution in [2.75, 3.05) is 0 Å². The van der Waals surface area contributed by atoms with Gasteiger partial charge in [0.25, 0.3) is 11.1 Å². The molecule has 0 aliphatic rings. The van der Waals surface area contributed by atoms with Crippen LogP contribution in [0.5, 0.6) is 0 Å². The monoisotopic (exact) mass is 725 g/mol. The van der Waals surface area contributed by atoms with Crippen molar-refractivity contribution in [1.82, 2.24) is 18.8 Å². The summed E-state index contributed by atoms with van der Waals surface area (Å²) in [5.74, 6) is 0. The Morgan fingerprint density at radius 1 is 0.574 bits per heavy atom. The van der Waals surface area contributed by atoms with Gasteiger partial charge in [0.1, 0.15) is 16.8 Å². The number of nitriles is 1. The normalized spacial score (nSPS) is 13.3. The molecule has 11 aromatic rings. The third-order valence-electron chi connectivity index (χ3n) is 11.0. The van der Waals surface area contributed by atoms with E-state index in [9.17, 15) is 41.2 Å². The molecule has 7 nitrogen and oxygen atoms in total. The molecule has 4 heterocycles. The number of fused-ring (bicyclic) bond motifs is 10. The number of aromatic nitrogens is 4. The van der Waals surface area contributed by atoms with E-state index < -0.39 is 40.1 Å². The van der Waals surface area contributed by atoms with Crippen LogP contribution in [0.1, 0.15) is 27.8 Å². The lowest BCUT2D eigenvalue weighted by molar-refractivity contribution is -0.142.